The van der Waals surface area contributed by atoms with E-state index in [1.807, 2.05) is 29.5 Å². The quantitative estimate of drug-likeness (QED) is 0.823. The average Bonchev–Trinajstić information content (AvgIpc) is 3.02. The van der Waals surface area contributed by atoms with E-state index in [0.717, 1.165) is 31.6 Å². The fourth-order valence-electron chi connectivity index (χ4n) is 3.84. The summed E-state index contributed by atoms with van der Waals surface area (Å²) in [5.74, 6) is 0.106. The number of benzene rings is 1. The van der Waals surface area contributed by atoms with Crippen LogP contribution in [-0.2, 0) is 13.1 Å². The number of hydrogen-bond donors (Lipinski definition) is 0. The second-order valence-electron chi connectivity index (χ2n) is 7.48. The summed E-state index contributed by atoms with van der Waals surface area (Å²) in [6.45, 7) is 6.44. The van der Waals surface area contributed by atoms with Crippen LogP contribution in [0.5, 0.6) is 0 Å². The van der Waals surface area contributed by atoms with Crippen LogP contribution in [0.2, 0.25) is 0 Å². The topological polar surface area (TPSA) is 41.4 Å². The number of carbonyl (C=O) groups excluding carboxylic acids is 1. The highest BCUT2D eigenvalue weighted by Gasteiger charge is 2.30. The van der Waals surface area contributed by atoms with Crippen molar-refractivity contribution in [1.29, 1.82) is 0 Å². The Morgan fingerprint density at radius 3 is 2.62 bits per heavy atom. The lowest BCUT2D eigenvalue weighted by atomic mass is 9.94. The molecule has 1 aliphatic heterocycles. The maximum Gasteiger partial charge on any atom is 0.272 e. The first-order valence-corrected chi connectivity index (χ1v) is 9.58. The zero-order valence-electron chi connectivity index (χ0n) is 16.4. The molecule has 1 aromatic heterocycles. The normalized spacial score (nSPS) is 17.7. The summed E-state index contributed by atoms with van der Waals surface area (Å²) < 4.78 is 1.82. The molecule has 1 amide bonds. The number of hydrogen-bond acceptors (Lipinski definition) is 3. The first kappa shape index (κ1) is 18.6. The number of likely N-dealkylation sites (tertiary alicyclic amines) is 1. The largest absolute Gasteiger partial charge is 0.330 e. The lowest BCUT2D eigenvalue weighted by molar-refractivity contribution is 0.0598. The minimum absolute atomic E-state index is 0.106. The molecule has 26 heavy (non-hydrogen) atoms. The number of aryl methyl sites for hydroxylation is 2. The third kappa shape index (κ3) is 3.98. The third-order valence-electron chi connectivity index (χ3n) is 5.05. The van der Waals surface area contributed by atoms with Crippen LogP contribution in [0.4, 0.5) is 0 Å². The van der Waals surface area contributed by atoms with Gasteiger partial charge in [-0.15, -0.1) is 0 Å². The Balaban J connectivity index is 1.84. The molecule has 5 heteroatoms. The van der Waals surface area contributed by atoms with Crippen molar-refractivity contribution in [1.82, 2.24) is 19.6 Å². The molecule has 2 heterocycles. The van der Waals surface area contributed by atoms with E-state index in [-0.39, 0.29) is 11.9 Å². The van der Waals surface area contributed by atoms with Crippen molar-refractivity contribution in [2.45, 2.75) is 52.2 Å². The van der Waals surface area contributed by atoms with Gasteiger partial charge in [-0.05, 0) is 64.4 Å². The van der Waals surface area contributed by atoms with E-state index in [1.165, 1.54) is 17.5 Å². The lowest BCUT2D eigenvalue weighted by Gasteiger charge is -2.36. The van der Waals surface area contributed by atoms with E-state index in [1.54, 1.807) is 0 Å². The van der Waals surface area contributed by atoms with E-state index in [2.05, 4.69) is 48.4 Å². The van der Waals surface area contributed by atoms with Crippen LogP contribution in [0.1, 0.15) is 59.5 Å². The van der Waals surface area contributed by atoms with E-state index >= 15 is 0 Å². The van der Waals surface area contributed by atoms with Crippen LogP contribution < -0.4 is 0 Å². The summed E-state index contributed by atoms with van der Waals surface area (Å²) in [6, 6.07) is 10.8. The fourth-order valence-corrected chi connectivity index (χ4v) is 3.84. The maximum absolute atomic E-state index is 13.2. The molecule has 1 atom stereocenters. The Hall–Kier alpha value is -2.14. The summed E-state index contributed by atoms with van der Waals surface area (Å²) >= 11 is 0. The first-order valence-electron chi connectivity index (χ1n) is 9.58. The molecule has 0 bridgehead atoms. The zero-order chi connectivity index (χ0) is 18.7. The van der Waals surface area contributed by atoms with Crippen molar-refractivity contribution in [2.75, 3.05) is 20.6 Å². The number of carbonyl (C=O) groups is 1. The molecule has 0 spiro atoms. The van der Waals surface area contributed by atoms with Crippen molar-refractivity contribution in [3.8, 4) is 0 Å². The maximum atomic E-state index is 13.2. The minimum Gasteiger partial charge on any atom is -0.330 e. The second kappa shape index (κ2) is 8.04. The van der Waals surface area contributed by atoms with Gasteiger partial charge in [0.05, 0.1) is 11.7 Å². The number of nitrogens with zero attached hydrogens (tertiary/aromatic N) is 4. The van der Waals surface area contributed by atoms with Gasteiger partial charge >= 0.3 is 0 Å². The van der Waals surface area contributed by atoms with Gasteiger partial charge in [0.2, 0.25) is 0 Å². The molecule has 1 saturated heterocycles. The molecule has 0 saturated carbocycles. The summed E-state index contributed by atoms with van der Waals surface area (Å²) in [5, 5.41) is 4.45. The smallest absolute Gasteiger partial charge is 0.272 e. The summed E-state index contributed by atoms with van der Waals surface area (Å²) in [4.78, 5) is 17.5. The Morgan fingerprint density at radius 1 is 1.23 bits per heavy atom. The molecule has 0 N–H and O–H groups in total. The van der Waals surface area contributed by atoms with Gasteiger partial charge < -0.3 is 9.80 Å². The highest BCUT2D eigenvalue weighted by Crippen LogP contribution is 2.32. The second-order valence-corrected chi connectivity index (χ2v) is 7.48. The number of aromatic nitrogens is 2. The van der Waals surface area contributed by atoms with Crippen LogP contribution in [0.15, 0.2) is 30.3 Å². The van der Waals surface area contributed by atoms with E-state index in [4.69, 9.17) is 0 Å². The Labute approximate surface area is 156 Å². The SMILES string of the molecule is CCn1nc(C)cc1C(=O)N1CCCC[C@@H]1c1ccc(CN(C)C)cc1. The molecule has 140 valence electrons. The third-order valence-corrected chi connectivity index (χ3v) is 5.05. The summed E-state index contributed by atoms with van der Waals surface area (Å²) in [5.41, 5.74) is 4.14. The minimum atomic E-state index is 0.106. The Kier molecular flexibility index (Phi) is 5.77. The molecule has 0 aliphatic carbocycles. The van der Waals surface area contributed by atoms with Crippen molar-refractivity contribution >= 4 is 5.91 Å². The van der Waals surface area contributed by atoms with Gasteiger partial charge in [-0.3, -0.25) is 9.48 Å². The van der Waals surface area contributed by atoms with Crippen LogP contribution in [0.25, 0.3) is 0 Å². The van der Waals surface area contributed by atoms with Gasteiger partial charge in [-0.25, -0.2) is 0 Å². The standard InChI is InChI=1S/C21H30N4O/c1-5-25-20(14-16(2)22-25)21(26)24-13-7-6-8-19(24)18-11-9-17(10-12-18)15-23(3)4/h9-12,14,19H,5-8,13,15H2,1-4H3/t19-/m1/s1. The van der Waals surface area contributed by atoms with Crippen LogP contribution >= 0.6 is 0 Å². The van der Waals surface area contributed by atoms with Gasteiger partial charge in [0.15, 0.2) is 0 Å². The molecule has 1 fully saturated rings. The number of amides is 1. The van der Waals surface area contributed by atoms with E-state index < -0.39 is 0 Å². The summed E-state index contributed by atoms with van der Waals surface area (Å²) in [7, 11) is 4.16. The molecule has 2 aromatic rings. The van der Waals surface area contributed by atoms with Crippen LogP contribution in [-0.4, -0.2) is 46.1 Å². The molecular formula is C21H30N4O. The lowest BCUT2D eigenvalue weighted by Crippen LogP contribution is -2.39. The van der Waals surface area contributed by atoms with Crippen LogP contribution in [0.3, 0.4) is 0 Å². The molecule has 0 unspecified atom stereocenters. The Morgan fingerprint density at radius 2 is 1.96 bits per heavy atom. The highest BCUT2D eigenvalue weighted by atomic mass is 16.2. The Bertz CT molecular complexity index is 748. The molecule has 5 nitrogen and oxygen atoms in total. The van der Waals surface area contributed by atoms with Crippen LogP contribution in [0, 0.1) is 6.92 Å². The predicted molar refractivity (Wildman–Crippen MR) is 104 cm³/mol. The van der Waals surface area contributed by atoms with E-state index in [0.29, 0.717) is 12.2 Å². The molecule has 1 aliphatic rings. The van der Waals surface area contributed by atoms with Gasteiger partial charge in [-0.2, -0.15) is 5.10 Å². The first-order chi connectivity index (χ1) is 12.5. The average molecular weight is 354 g/mol. The monoisotopic (exact) mass is 354 g/mol. The van der Waals surface area contributed by atoms with Gasteiger partial charge in [0.25, 0.3) is 5.91 Å². The predicted octanol–water partition coefficient (Wildman–Crippen LogP) is 3.64. The van der Waals surface area contributed by atoms with Crippen molar-refractivity contribution in [3.05, 3.63) is 52.8 Å². The number of piperidine rings is 1. The molecular weight excluding hydrogens is 324 g/mol. The van der Waals surface area contributed by atoms with Gasteiger partial charge in [-0.1, -0.05) is 24.3 Å². The van der Waals surface area contributed by atoms with E-state index in [9.17, 15) is 4.79 Å². The zero-order valence-corrected chi connectivity index (χ0v) is 16.4. The summed E-state index contributed by atoms with van der Waals surface area (Å²) in [6.07, 6.45) is 3.26. The van der Waals surface area contributed by atoms with Gasteiger partial charge in [0.1, 0.15) is 5.69 Å². The molecule has 3 rings (SSSR count). The molecule has 0 radical (unpaired) electrons. The highest BCUT2D eigenvalue weighted by molar-refractivity contribution is 5.93. The van der Waals surface area contributed by atoms with Crippen molar-refractivity contribution in [3.63, 3.8) is 0 Å². The van der Waals surface area contributed by atoms with Crippen molar-refractivity contribution in [2.24, 2.45) is 0 Å². The number of rotatable bonds is 5. The van der Waals surface area contributed by atoms with Gasteiger partial charge in [0, 0.05) is 19.6 Å². The molecule has 1 aromatic carbocycles. The fraction of sp³-hybridized carbons (Fsp3) is 0.524. The van der Waals surface area contributed by atoms with Crippen molar-refractivity contribution < 1.29 is 4.79 Å².